The lowest BCUT2D eigenvalue weighted by molar-refractivity contribution is 0.771. The second-order valence-electron chi connectivity index (χ2n) is 1.79. The minimum atomic E-state index is 0.384. The highest BCUT2D eigenvalue weighted by molar-refractivity contribution is 9.10. The first-order valence-corrected chi connectivity index (χ1v) is 3.34. The molecule has 0 aliphatic carbocycles. The largest absolute Gasteiger partial charge is 0.383 e. The van der Waals surface area contributed by atoms with Crippen LogP contribution in [0, 0.1) is 11.3 Å². The molecule has 2 N–H and O–H groups in total. The van der Waals surface area contributed by atoms with Crippen LogP contribution >= 0.6 is 15.9 Å². The van der Waals surface area contributed by atoms with Crippen molar-refractivity contribution in [2.45, 2.75) is 0 Å². The van der Waals surface area contributed by atoms with Gasteiger partial charge in [-0.25, -0.2) is 0 Å². The smallest absolute Gasteiger partial charge is 0.148 e. The minimum Gasteiger partial charge on any atom is -0.383 e. The Kier molecular flexibility index (Phi) is 1.64. The molecule has 0 unspecified atom stereocenters. The Hall–Kier alpha value is -1.02. The third-order valence-corrected chi connectivity index (χ3v) is 1.72. The Balaban J connectivity index is 3.37. The molecule has 1 heterocycles. The highest BCUT2D eigenvalue weighted by Crippen LogP contribution is 2.19. The van der Waals surface area contributed by atoms with E-state index in [0.29, 0.717) is 16.0 Å². The predicted molar refractivity (Wildman–Crippen MR) is 40.0 cm³/mol. The molecule has 0 saturated heterocycles. The highest BCUT2D eigenvalue weighted by Gasteiger charge is 2.09. The number of nitrogens with zero attached hydrogens (tertiary/aromatic N) is 3. The van der Waals surface area contributed by atoms with Gasteiger partial charge in [0.2, 0.25) is 0 Å². The van der Waals surface area contributed by atoms with Gasteiger partial charge in [-0.3, -0.25) is 4.68 Å². The van der Waals surface area contributed by atoms with E-state index in [4.69, 9.17) is 11.0 Å². The van der Waals surface area contributed by atoms with Gasteiger partial charge in [-0.1, -0.05) is 0 Å². The lowest BCUT2D eigenvalue weighted by atomic mass is 10.4. The molecule has 1 aromatic rings. The van der Waals surface area contributed by atoms with Gasteiger partial charge in [-0.15, -0.1) is 0 Å². The molecule has 10 heavy (non-hydrogen) atoms. The van der Waals surface area contributed by atoms with Crippen molar-refractivity contribution in [3.05, 3.63) is 10.2 Å². The zero-order valence-electron chi connectivity index (χ0n) is 5.30. The van der Waals surface area contributed by atoms with E-state index in [1.54, 1.807) is 7.05 Å². The maximum atomic E-state index is 8.50. The first-order valence-electron chi connectivity index (χ1n) is 2.55. The fraction of sp³-hybridized carbons (Fsp3) is 0.200. The molecule has 0 atom stereocenters. The lowest BCUT2D eigenvalue weighted by Gasteiger charge is -1.89. The molecular formula is C5H5BrN4. The van der Waals surface area contributed by atoms with Gasteiger partial charge >= 0.3 is 0 Å². The van der Waals surface area contributed by atoms with Crippen LogP contribution in [0.25, 0.3) is 0 Å². The third-order valence-electron chi connectivity index (χ3n) is 1.16. The third kappa shape index (κ3) is 0.866. The van der Waals surface area contributed by atoms with Gasteiger partial charge in [-0.05, 0) is 15.9 Å². The summed E-state index contributed by atoms with van der Waals surface area (Å²) in [5.41, 5.74) is 5.85. The Morgan fingerprint density at radius 3 is 2.60 bits per heavy atom. The maximum Gasteiger partial charge on any atom is 0.148 e. The van der Waals surface area contributed by atoms with Crippen LogP contribution in [-0.2, 0) is 7.05 Å². The number of aryl methyl sites for hydroxylation is 1. The van der Waals surface area contributed by atoms with Crippen LogP contribution in [0.4, 0.5) is 5.82 Å². The van der Waals surface area contributed by atoms with Crippen molar-refractivity contribution in [3.8, 4) is 6.07 Å². The molecule has 1 aromatic heterocycles. The molecule has 0 aliphatic heterocycles. The van der Waals surface area contributed by atoms with Gasteiger partial charge in [0.25, 0.3) is 0 Å². The molecule has 0 fully saturated rings. The molecule has 5 heteroatoms. The van der Waals surface area contributed by atoms with E-state index in [-0.39, 0.29) is 0 Å². The van der Waals surface area contributed by atoms with Crippen molar-refractivity contribution in [2.24, 2.45) is 7.05 Å². The molecule has 0 bridgehead atoms. The Morgan fingerprint density at radius 2 is 2.40 bits per heavy atom. The highest BCUT2D eigenvalue weighted by atomic mass is 79.9. The second-order valence-corrected chi connectivity index (χ2v) is 2.54. The average molecular weight is 201 g/mol. The maximum absolute atomic E-state index is 8.50. The van der Waals surface area contributed by atoms with E-state index in [2.05, 4.69) is 21.0 Å². The number of rotatable bonds is 0. The summed E-state index contributed by atoms with van der Waals surface area (Å²) in [6.07, 6.45) is 0. The van der Waals surface area contributed by atoms with Crippen molar-refractivity contribution >= 4 is 21.7 Å². The van der Waals surface area contributed by atoms with Gasteiger partial charge in [0.15, 0.2) is 0 Å². The van der Waals surface area contributed by atoms with Crippen LogP contribution in [0.5, 0.6) is 0 Å². The summed E-state index contributed by atoms with van der Waals surface area (Å²) < 4.78 is 1.94. The van der Waals surface area contributed by atoms with Gasteiger partial charge in [0.1, 0.15) is 22.1 Å². The molecule has 0 amide bonds. The van der Waals surface area contributed by atoms with Gasteiger partial charge < -0.3 is 5.73 Å². The zero-order valence-corrected chi connectivity index (χ0v) is 6.88. The average Bonchev–Trinajstić information content (AvgIpc) is 2.09. The normalized spacial score (nSPS) is 9.30. The van der Waals surface area contributed by atoms with E-state index in [9.17, 15) is 0 Å². The molecule has 0 spiro atoms. The van der Waals surface area contributed by atoms with Crippen molar-refractivity contribution < 1.29 is 0 Å². The number of hydrogen-bond acceptors (Lipinski definition) is 3. The summed E-state index contributed by atoms with van der Waals surface area (Å²) >= 11 is 3.09. The molecule has 52 valence electrons. The Bertz CT molecular complexity index is 295. The number of halogens is 1. The summed E-state index contributed by atoms with van der Waals surface area (Å²) in [6, 6.07) is 1.93. The number of aromatic nitrogens is 2. The topological polar surface area (TPSA) is 67.6 Å². The van der Waals surface area contributed by atoms with Crippen molar-refractivity contribution in [1.82, 2.24) is 9.78 Å². The summed E-state index contributed by atoms with van der Waals surface area (Å²) in [5, 5.41) is 12.4. The SMILES string of the molecule is Cn1nc(Br)c(C#N)c1N. The van der Waals surface area contributed by atoms with Crippen LogP contribution in [0.15, 0.2) is 4.60 Å². The number of anilines is 1. The van der Waals surface area contributed by atoms with E-state index >= 15 is 0 Å². The Morgan fingerprint density at radius 1 is 1.80 bits per heavy atom. The molecule has 0 aromatic carbocycles. The van der Waals surface area contributed by atoms with Crippen LogP contribution in [-0.4, -0.2) is 9.78 Å². The zero-order chi connectivity index (χ0) is 7.72. The fourth-order valence-electron chi connectivity index (χ4n) is 0.606. The molecule has 0 aliphatic rings. The monoisotopic (exact) mass is 200 g/mol. The van der Waals surface area contributed by atoms with Crippen molar-refractivity contribution in [1.29, 1.82) is 5.26 Å². The summed E-state index contributed by atoms with van der Waals surface area (Å²) in [7, 11) is 1.68. The molecule has 1 rings (SSSR count). The number of hydrogen-bond donors (Lipinski definition) is 1. The van der Waals surface area contributed by atoms with Crippen LogP contribution in [0.2, 0.25) is 0 Å². The van der Waals surface area contributed by atoms with Crippen molar-refractivity contribution in [2.75, 3.05) is 5.73 Å². The molecular weight excluding hydrogens is 196 g/mol. The van der Waals surface area contributed by atoms with E-state index in [1.807, 2.05) is 6.07 Å². The van der Waals surface area contributed by atoms with Crippen LogP contribution < -0.4 is 5.73 Å². The second kappa shape index (κ2) is 2.31. The minimum absolute atomic E-state index is 0.384. The first kappa shape index (κ1) is 7.09. The standard InChI is InChI=1S/C5H5BrN4/c1-10-5(8)3(2-7)4(6)9-10/h8H2,1H3. The Labute approximate surface area is 66.4 Å². The van der Waals surface area contributed by atoms with Gasteiger partial charge in [0, 0.05) is 7.05 Å². The summed E-state index contributed by atoms with van der Waals surface area (Å²) in [4.78, 5) is 0. The van der Waals surface area contributed by atoms with Gasteiger partial charge in [-0.2, -0.15) is 10.4 Å². The van der Waals surface area contributed by atoms with E-state index in [0.717, 1.165) is 0 Å². The summed E-state index contributed by atoms with van der Waals surface area (Å²) in [5.74, 6) is 0.384. The first-order chi connectivity index (χ1) is 4.66. The number of nitrogens with two attached hydrogens (primary N) is 1. The fourth-order valence-corrected chi connectivity index (χ4v) is 1.14. The quantitative estimate of drug-likeness (QED) is 0.669. The molecule has 4 nitrogen and oxygen atoms in total. The van der Waals surface area contributed by atoms with E-state index < -0.39 is 0 Å². The van der Waals surface area contributed by atoms with Crippen molar-refractivity contribution in [3.63, 3.8) is 0 Å². The lowest BCUT2D eigenvalue weighted by Crippen LogP contribution is -1.97. The predicted octanol–water partition coefficient (Wildman–Crippen LogP) is 0.636. The van der Waals surface area contributed by atoms with Crippen LogP contribution in [0.1, 0.15) is 5.56 Å². The van der Waals surface area contributed by atoms with E-state index in [1.165, 1.54) is 4.68 Å². The van der Waals surface area contributed by atoms with Gasteiger partial charge in [0.05, 0.1) is 0 Å². The number of nitriles is 1. The van der Waals surface area contributed by atoms with Crippen LogP contribution in [0.3, 0.4) is 0 Å². The summed E-state index contributed by atoms with van der Waals surface area (Å²) in [6.45, 7) is 0. The molecule has 0 radical (unpaired) electrons. The number of nitrogen functional groups attached to an aromatic ring is 1. The molecule has 0 saturated carbocycles.